The van der Waals surface area contributed by atoms with Gasteiger partial charge in [0, 0.05) is 0 Å². The topological polar surface area (TPSA) is 40.5 Å². The average Bonchev–Trinajstić information content (AvgIpc) is 3.11. The molecule has 0 amide bonds. The fraction of sp³-hybridized carbons (Fsp3) is 0.800. The zero-order chi connectivity index (χ0) is 22.6. The fourth-order valence-electron chi connectivity index (χ4n) is 9.44. The summed E-state index contributed by atoms with van der Waals surface area (Å²) < 4.78 is 0. The maximum absolute atomic E-state index is 11.0. The summed E-state index contributed by atoms with van der Waals surface area (Å²) in [7, 11) is 0. The first-order chi connectivity index (χ1) is 15.3. The van der Waals surface area contributed by atoms with Crippen molar-refractivity contribution < 1.29 is 10.2 Å². The molecule has 1 aromatic rings. The molecule has 0 spiro atoms. The van der Waals surface area contributed by atoms with Crippen LogP contribution in [0.15, 0.2) is 30.3 Å². The molecule has 2 heteroatoms. The summed E-state index contributed by atoms with van der Waals surface area (Å²) in [6.07, 6.45) is 13.9. The van der Waals surface area contributed by atoms with E-state index in [1.54, 1.807) is 0 Å². The van der Waals surface area contributed by atoms with Crippen molar-refractivity contribution in [3.8, 4) is 0 Å². The van der Waals surface area contributed by atoms with Gasteiger partial charge >= 0.3 is 0 Å². The molecule has 2 N–H and O–H groups in total. The van der Waals surface area contributed by atoms with E-state index in [0.29, 0.717) is 16.7 Å². The van der Waals surface area contributed by atoms with Gasteiger partial charge in [0.1, 0.15) is 0 Å². The zero-order valence-electron chi connectivity index (χ0n) is 20.7. The minimum absolute atomic E-state index is 0.214. The van der Waals surface area contributed by atoms with E-state index in [1.807, 2.05) is 0 Å². The summed E-state index contributed by atoms with van der Waals surface area (Å²) in [6.45, 7) is 7.36. The number of hydrogen-bond acceptors (Lipinski definition) is 2. The van der Waals surface area contributed by atoms with Crippen molar-refractivity contribution in [1.82, 2.24) is 0 Å². The van der Waals surface area contributed by atoms with E-state index in [4.69, 9.17) is 0 Å². The summed E-state index contributed by atoms with van der Waals surface area (Å²) in [5.74, 6) is 3.97. The highest BCUT2D eigenvalue weighted by Gasteiger charge is 2.61. The van der Waals surface area contributed by atoms with Crippen LogP contribution in [0.2, 0.25) is 0 Å². The second kappa shape index (κ2) is 8.42. The van der Waals surface area contributed by atoms with Gasteiger partial charge in [-0.05, 0) is 123 Å². The van der Waals surface area contributed by atoms with Crippen molar-refractivity contribution in [2.75, 3.05) is 0 Å². The first kappa shape index (κ1) is 22.9. The lowest BCUT2D eigenvalue weighted by molar-refractivity contribution is -0.152. The van der Waals surface area contributed by atoms with Crippen molar-refractivity contribution in [3.63, 3.8) is 0 Å². The molecule has 4 saturated carbocycles. The first-order valence-corrected chi connectivity index (χ1v) is 13.7. The number of aliphatic hydroxyl groups excluding tert-OH is 1. The summed E-state index contributed by atoms with van der Waals surface area (Å²) in [6, 6.07) is 10.5. The van der Waals surface area contributed by atoms with Crippen LogP contribution < -0.4 is 0 Å². The number of aliphatic hydroxyl groups is 2. The predicted octanol–water partition coefficient (Wildman–Crippen LogP) is 6.78. The molecular weight excluding hydrogens is 392 g/mol. The highest BCUT2D eigenvalue weighted by atomic mass is 16.3. The highest BCUT2D eigenvalue weighted by Crippen LogP contribution is 2.68. The molecule has 7 unspecified atom stereocenters. The van der Waals surface area contributed by atoms with Crippen molar-refractivity contribution in [1.29, 1.82) is 0 Å². The highest BCUT2D eigenvalue weighted by molar-refractivity contribution is 5.16. The van der Waals surface area contributed by atoms with Crippen LogP contribution in [0.1, 0.15) is 97.0 Å². The van der Waals surface area contributed by atoms with Gasteiger partial charge in [0.25, 0.3) is 0 Å². The summed E-state index contributed by atoms with van der Waals surface area (Å²) >= 11 is 0. The van der Waals surface area contributed by atoms with Gasteiger partial charge in [0.05, 0.1) is 11.7 Å². The molecule has 0 bridgehead atoms. The summed E-state index contributed by atoms with van der Waals surface area (Å²) in [4.78, 5) is 0. The van der Waals surface area contributed by atoms with E-state index in [-0.39, 0.29) is 6.10 Å². The Bertz CT molecular complexity index is 791. The fourth-order valence-corrected chi connectivity index (χ4v) is 9.44. The minimum Gasteiger partial charge on any atom is -0.393 e. The van der Waals surface area contributed by atoms with Crippen molar-refractivity contribution in [2.24, 2.45) is 40.4 Å². The lowest BCUT2D eigenvalue weighted by Gasteiger charge is -2.62. The van der Waals surface area contributed by atoms with Crippen LogP contribution in [0.3, 0.4) is 0 Å². The molecule has 0 heterocycles. The zero-order valence-corrected chi connectivity index (χ0v) is 20.7. The van der Waals surface area contributed by atoms with Gasteiger partial charge < -0.3 is 10.2 Å². The number of hydrogen-bond donors (Lipinski definition) is 2. The Morgan fingerprint density at radius 1 is 0.906 bits per heavy atom. The first-order valence-electron chi connectivity index (χ1n) is 13.7. The molecule has 4 aliphatic rings. The largest absolute Gasteiger partial charge is 0.393 e. The van der Waals surface area contributed by atoms with E-state index < -0.39 is 5.60 Å². The molecule has 9 atom stereocenters. The molecule has 32 heavy (non-hydrogen) atoms. The third-order valence-electron chi connectivity index (χ3n) is 11.5. The second-order valence-electron chi connectivity index (χ2n) is 12.8. The van der Waals surface area contributed by atoms with E-state index in [2.05, 4.69) is 51.1 Å². The van der Waals surface area contributed by atoms with Crippen LogP contribution in [0, 0.1) is 40.4 Å². The summed E-state index contributed by atoms with van der Waals surface area (Å²) in [5, 5.41) is 22.0. The molecule has 0 saturated heterocycles. The monoisotopic (exact) mass is 438 g/mol. The maximum atomic E-state index is 11.0. The van der Waals surface area contributed by atoms with Crippen molar-refractivity contribution in [3.05, 3.63) is 35.9 Å². The Morgan fingerprint density at radius 3 is 2.41 bits per heavy atom. The molecular formula is C30H46O2. The van der Waals surface area contributed by atoms with Crippen LogP contribution in [-0.4, -0.2) is 21.9 Å². The van der Waals surface area contributed by atoms with Gasteiger partial charge in [-0.2, -0.15) is 0 Å². The van der Waals surface area contributed by atoms with Gasteiger partial charge in [0.15, 0.2) is 0 Å². The van der Waals surface area contributed by atoms with Gasteiger partial charge in [-0.3, -0.25) is 0 Å². The Balaban J connectivity index is 1.28. The Morgan fingerprint density at radius 2 is 1.66 bits per heavy atom. The standard InChI is InChI=1S/C30H46O2/c1-4-30(32)17-16-29(3)23(20-30)10-12-25-26-13-11-22(28(26,2)15-14-27(25)29)19-24(31)18-21-8-6-5-7-9-21/h5-9,22-27,31-32H,4,10-20H2,1-3H3/t22-,23?,24?,25?,26?,27?,28?,29?,30+/m1/s1. The molecule has 0 radical (unpaired) electrons. The lowest BCUT2D eigenvalue weighted by Crippen LogP contribution is -2.55. The Hall–Kier alpha value is -0.860. The van der Waals surface area contributed by atoms with Gasteiger partial charge in [-0.25, -0.2) is 0 Å². The van der Waals surface area contributed by atoms with E-state index >= 15 is 0 Å². The molecule has 5 rings (SSSR count). The van der Waals surface area contributed by atoms with E-state index in [9.17, 15) is 10.2 Å². The van der Waals surface area contributed by atoms with Gasteiger partial charge in [-0.15, -0.1) is 0 Å². The molecule has 1 aromatic carbocycles. The van der Waals surface area contributed by atoms with E-state index in [1.165, 1.54) is 50.5 Å². The lowest BCUT2D eigenvalue weighted by atomic mass is 9.43. The van der Waals surface area contributed by atoms with Crippen LogP contribution in [0.25, 0.3) is 0 Å². The molecule has 4 aliphatic carbocycles. The predicted molar refractivity (Wildman–Crippen MR) is 131 cm³/mol. The molecule has 0 aromatic heterocycles. The smallest absolute Gasteiger partial charge is 0.0648 e. The third kappa shape index (κ3) is 3.78. The second-order valence-corrected chi connectivity index (χ2v) is 12.8. The molecule has 178 valence electrons. The van der Waals surface area contributed by atoms with Gasteiger partial charge in [0.2, 0.25) is 0 Å². The Kier molecular flexibility index (Phi) is 6.03. The number of rotatable bonds is 5. The minimum atomic E-state index is -0.395. The van der Waals surface area contributed by atoms with Crippen molar-refractivity contribution in [2.45, 2.75) is 110 Å². The summed E-state index contributed by atoms with van der Waals surface area (Å²) in [5.41, 5.74) is 1.73. The maximum Gasteiger partial charge on any atom is 0.0648 e. The number of benzene rings is 1. The SMILES string of the molecule is CC[C@]1(O)CCC2(C)C(CCC3C2CCC2(C)C3CC[C@@H]2CC(O)Cc2ccccc2)C1. The number of fused-ring (bicyclic) bond motifs is 5. The van der Waals surface area contributed by atoms with Gasteiger partial charge in [-0.1, -0.05) is 51.1 Å². The average molecular weight is 439 g/mol. The van der Waals surface area contributed by atoms with Crippen LogP contribution >= 0.6 is 0 Å². The van der Waals surface area contributed by atoms with Crippen molar-refractivity contribution >= 4 is 0 Å². The van der Waals surface area contributed by atoms with E-state index in [0.717, 1.165) is 55.8 Å². The normalized spacial score (nSPS) is 46.7. The van der Waals surface area contributed by atoms with Crippen LogP contribution in [-0.2, 0) is 6.42 Å². The quantitative estimate of drug-likeness (QED) is 0.532. The molecule has 0 aliphatic heterocycles. The van der Waals surface area contributed by atoms with Crippen LogP contribution in [0.5, 0.6) is 0 Å². The van der Waals surface area contributed by atoms with Crippen LogP contribution in [0.4, 0.5) is 0 Å². The molecule has 4 fully saturated rings. The Labute approximate surface area is 196 Å². The third-order valence-corrected chi connectivity index (χ3v) is 11.5. The molecule has 2 nitrogen and oxygen atoms in total.